The molecule has 1 aromatic carbocycles. The SMILES string of the molecule is COc1ccc(NC(=O)N2CCN(C(=O)c3ccoc3)CC2C)cc1. The minimum absolute atomic E-state index is 0.0733. The van der Waals surface area contributed by atoms with E-state index in [0.29, 0.717) is 30.9 Å². The van der Waals surface area contributed by atoms with Gasteiger partial charge in [-0.3, -0.25) is 4.79 Å². The second-order valence-electron chi connectivity index (χ2n) is 5.96. The molecule has 1 aliphatic rings. The van der Waals surface area contributed by atoms with E-state index in [4.69, 9.17) is 9.15 Å². The van der Waals surface area contributed by atoms with Crippen molar-refractivity contribution in [1.82, 2.24) is 9.80 Å². The summed E-state index contributed by atoms with van der Waals surface area (Å²) in [5.74, 6) is 0.661. The van der Waals surface area contributed by atoms with Crippen molar-refractivity contribution in [1.29, 1.82) is 0 Å². The van der Waals surface area contributed by atoms with E-state index < -0.39 is 0 Å². The molecule has 1 atom stereocenters. The third-order valence-electron chi connectivity index (χ3n) is 4.28. The molecular formula is C18H21N3O4. The van der Waals surface area contributed by atoms with Crippen molar-refractivity contribution in [3.63, 3.8) is 0 Å². The molecule has 1 fully saturated rings. The van der Waals surface area contributed by atoms with E-state index in [1.54, 1.807) is 47.2 Å². The Morgan fingerprint density at radius 1 is 1.20 bits per heavy atom. The van der Waals surface area contributed by atoms with Crippen LogP contribution < -0.4 is 10.1 Å². The van der Waals surface area contributed by atoms with E-state index in [2.05, 4.69) is 5.32 Å². The van der Waals surface area contributed by atoms with Gasteiger partial charge in [0.15, 0.2) is 0 Å². The fraction of sp³-hybridized carbons (Fsp3) is 0.333. The molecule has 3 amide bonds. The van der Waals surface area contributed by atoms with Crippen LogP contribution in [0.25, 0.3) is 0 Å². The Morgan fingerprint density at radius 2 is 1.96 bits per heavy atom. The van der Waals surface area contributed by atoms with E-state index in [0.717, 1.165) is 5.75 Å². The van der Waals surface area contributed by atoms with Gasteiger partial charge in [-0.15, -0.1) is 0 Å². The van der Waals surface area contributed by atoms with Crippen molar-refractivity contribution in [2.45, 2.75) is 13.0 Å². The number of nitrogens with one attached hydrogen (secondary N) is 1. The maximum Gasteiger partial charge on any atom is 0.322 e. The number of methoxy groups -OCH3 is 1. The van der Waals surface area contributed by atoms with Gasteiger partial charge in [0.2, 0.25) is 0 Å². The molecule has 0 saturated carbocycles. The Kier molecular flexibility index (Phi) is 4.92. The highest BCUT2D eigenvalue weighted by Gasteiger charge is 2.30. The molecule has 25 heavy (non-hydrogen) atoms. The summed E-state index contributed by atoms with van der Waals surface area (Å²) in [6.07, 6.45) is 2.92. The number of ether oxygens (including phenoxy) is 1. The lowest BCUT2D eigenvalue weighted by molar-refractivity contribution is 0.0591. The summed E-state index contributed by atoms with van der Waals surface area (Å²) < 4.78 is 10.1. The predicted octanol–water partition coefficient (Wildman–Crippen LogP) is 2.67. The molecule has 0 spiro atoms. The number of nitrogens with zero attached hydrogens (tertiary/aromatic N) is 2. The van der Waals surface area contributed by atoms with Gasteiger partial charge in [0.25, 0.3) is 5.91 Å². The molecule has 1 aromatic heterocycles. The first kappa shape index (κ1) is 16.9. The Hall–Kier alpha value is -2.96. The number of anilines is 1. The minimum Gasteiger partial charge on any atom is -0.497 e. The average Bonchev–Trinajstić information content (AvgIpc) is 3.16. The van der Waals surface area contributed by atoms with Crippen LogP contribution >= 0.6 is 0 Å². The van der Waals surface area contributed by atoms with Crippen LogP contribution in [0.15, 0.2) is 47.3 Å². The van der Waals surface area contributed by atoms with Gasteiger partial charge in [-0.1, -0.05) is 0 Å². The highest BCUT2D eigenvalue weighted by atomic mass is 16.5. The number of amides is 3. The molecule has 0 radical (unpaired) electrons. The number of carbonyl (C=O) groups is 2. The summed E-state index contributed by atoms with van der Waals surface area (Å²) in [6.45, 7) is 3.39. The van der Waals surface area contributed by atoms with Crippen LogP contribution in [0.1, 0.15) is 17.3 Å². The molecule has 3 rings (SSSR count). The molecule has 0 bridgehead atoms. The lowest BCUT2D eigenvalue weighted by Gasteiger charge is -2.39. The monoisotopic (exact) mass is 343 g/mol. The zero-order valence-electron chi connectivity index (χ0n) is 14.3. The summed E-state index contributed by atoms with van der Waals surface area (Å²) >= 11 is 0. The van der Waals surface area contributed by atoms with Crippen molar-refractivity contribution in [3.8, 4) is 5.75 Å². The van der Waals surface area contributed by atoms with Crippen LogP contribution in [0.5, 0.6) is 5.75 Å². The van der Waals surface area contributed by atoms with Gasteiger partial charge in [-0.05, 0) is 37.3 Å². The number of benzene rings is 1. The number of rotatable bonds is 3. The zero-order chi connectivity index (χ0) is 17.8. The van der Waals surface area contributed by atoms with E-state index >= 15 is 0 Å². The van der Waals surface area contributed by atoms with Gasteiger partial charge in [0, 0.05) is 31.4 Å². The fourth-order valence-electron chi connectivity index (χ4n) is 2.88. The van der Waals surface area contributed by atoms with Crippen molar-refractivity contribution in [3.05, 3.63) is 48.4 Å². The first-order chi connectivity index (χ1) is 12.1. The topological polar surface area (TPSA) is 75.0 Å². The molecular weight excluding hydrogens is 322 g/mol. The van der Waals surface area contributed by atoms with E-state index in [1.165, 1.54) is 12.5 Å². The summed E-state index contributed by atoms with van der Waals surface area (Å²) in [4.78, 5) is 28.4. The molecule has 1 aliphatic heterocycles. The second kappa shape index (κ2) is 7.29. The summed E-state index contributed by atoms with van der Waals surface area (Å²) in [5.41, 5.74) is 1.23. The Bertz CT molecular complexity index is 727. The normalized spacial score (nSPS) is 17.3. The molecule has 2 heterocycles. The molecule has 1 saturated heterocycles. The predicted molar refractivity (Wildman–Crippen MR) is 92.8 cm³/mol. The lowest BCUT2D eigenvalue weighted by Crippen LogP contribution is -2.56. The molecule has 1 unspecified atom stereocenters. The first-order valence-electron chi connectivity index (χ1n) is 8.11. The Labute approximate surface area is 146 Å². The summed E-state index contributed by atoms with van der Waals surface area (Å²) in [7, 11) is 1.60. The number of hydrogen-bond donors (Lipinski definition) is 1. The van der Waals surface area contributed by atoms with Crippen LogP contribution in [0.3, 0.4) is 0 Å². The van der Waals surface area contributed by atoms with Crippen LogP contribution in [0, 0.1) is 0 Å². The quantitative estimate of drug-likeness (QED) is 0.930. The van der Waals surface area contributed by atoms with Gasteiger partial charge in [-0.2, -0.15) is 0 Å². The maximum absolute atomic E-state index is 12.5. The smallest absolute Gasteiger partial charge is 0.322 e. The molecule has 0 aliphatic carbocycles. The summed E-state index contributed by atoms with van der Waals surface area (Å²) in [5, 5.41) is 2.88. The number of furan rings is 1. The van der Waals surface area contributed by atoms with E-state index in [-0.39, 0.29) is 18.0 Å². The molecule has 7 heteroatoms. The van der Waals surface area contributed by atoms with Gasteiger partial charge in [0.1, 0.15) is 12.0 Å². The first-order valence-corrected chi connectivity index (χ1v) is 8.11. The van der Waals surface area contributed by atoms with Crippen LogP contribution in [0.4, 0.5) is 10.5 Å². The standard InChI is InChI=1S/C18H21N3O4/c1-13-11-20(17(22)14-7-10-25-12-14)8-9-21(13)18(23)19-15-3-5-16(24-2)6-4-15/h3-7,10,12-13H,8-9,11H2,1-2H3,(H,19,23). The minimum atomic E-state index is -0.173. The van der Waals surface area contributed by atoms with E-state index in [9.17, 15) is 9.59 Å². The molecule has 132 valence electrons. The maximum atomic E-state index is 12.5. The van der Waals surface area contributed by atoms with Crippen molar-refractivity contribution in [2.75, 3.05) is 32.1 Å². The van der Waals surface area contributed by atoms with Crippen LogP contribution in [0.2, 0.25) is 0 Å². The number of carbonyl (C=O) groups excluding carboxylic acids is 2. The molecule has 7 nitrogen and oxygen atoms in total. The Balaban J connectivity index is 1.58. The number of urea groups is 1. The fourth-order valence-corrected chi connectivity index (χ4v) is 2.88. The molecule has 2 aromatic rings. The average molecular weight is 343 g/mol. The van der Waals surface area contributed by atoms with Crippen molar-refractivity contribution >= 4 is 17.6 Å². The van der Waals surface area contributed by atoms with Gasteiger partial charge in [-0.25, -0.2) is 4.79 Å². The number of hydrogen-bond acceptors (Lipinski definition) is 4. The largest absolute Gasteiger partial charge is 0.497 e. The second-order valence-corrected chi connectivity index (χ2v) is 5.96. The van der Waals surface area contributed by atoms with Gasteiger partial charge < -0.3 is 24.3 Å². The molecule has 1 N–H and O–H groups in total. The van der Waals surface area contributed by atoms with Gasteiger partial charge >= 0.3 is 6.03 Å². The Morgan fingerprint density at radius 3 is 2.56 bits per heavy atom. The highest BCUT2D eigenvalue weighted by Crippen LogP contribution is 2.18. The lowest BCUT2D eigenvalue weighted by atomic mass is 10.1. The summed E-state index contributed by atoms with van der Waals surface area (Å²) in [6, 6.07) is 8.56. The van der Waals surface area contributed by atoms with Crippen LogP contribution in [-0.4, -0.2) is 54.5 Å². The third kappa shape index (κ3) is 3.76. The van der Waals surface area contributed by atoms with E-state index in [1.807, 2.05) is 6.92 Å². The van der Waals surface area contributed by atoms with Crippen molar-refractivity contribution < 1.29 is 18.7 Å². The third-order valence-corrected chi connectivity index (χ3v) is 4.28. The van der Waals surface area contributed by atoms with Crippen LogP contribution in [-0.2, 0) is 0 Å². The van der Waals surface area contributed by atoms with Crippen molar-refractivity contribution in [2.24, 2.45) is 0 Å². The van der Waals surface area contributed by atoms with Gasteiger partial charge in [0.05, 0.1) is 18.9 Å². The highest BCUT2D eigenvalue weighted by molar-refractivity contribution is 5.94. The zero-order valence-corrected chi connectivity index (χ0v) is 14.3. The number of piperazine rings is 1.